The van der Waals surface area contributed by atoms with E-state index in [1.54, 1.807) is 18.5 Å². The molecule has 5 heteroatoms. The van der Waals surface area contributed by atoms with E-state index in [-0.39, 0.29) is 6.10 Å². The molecule has 0 aliphatic carbocycles. The van der Waals surface area contributed by atoms with E-state index in [1.807, 2.05) is 38.1 Å². The summed E-state index contributed by atoms with van der Waals surface area (Å²) in [6.45, 7) is 8.09. The highest BCUT2D eigenvalue weighted by molar-refractivity contribution is 5.80. The first-order chi connectivity index (χ1) is 11.2. The van der Waals surface area contributed by atoms with Gasteiger partial charge in [0.25, 0.3) is 0 Å². The van der Waals surface area contributed by atoms with E-state index in [2.05, 4.69) is 21.5 Å². The van der Waals surface area contributed by atoms with E-state index in [4.69, 9.17) is 9.47 Å². The number of H-pyrrole nitrogens is 1. The highest BCUT2D eigenvalue weighted by Crippen LogP contribution is 2.33. The third-order valence-electron chi connectivity index (χ3n) is 3.22. The number of imidazole rings is 1. The molecule has 5 nitrogen and oxygen atoms in total. The molecule has 0 radical (unpaired) electrons. The van der Waals surface area contributed by atoms with Gasteiger partial charge in [0.2, 0.25) is 0 Å². The number of fused-ring (bicyclic) bond motifs is 1. The summed E-state index contributed by atoms with van der Waals surface area (Å²) in [5, 5.41) is 0. The first-order valence-corrected chi connectivity index (χ1v) is 7.52. The Kier molecular flexibility index (Phi) is 4.28. The molecule has 0 saturated heterocycles. The standard InChI is InChI=1S/C18H19N3O2/c1-4-9-22-17-10-13(23-12(2)3)5-6-14(17)18-20-15-7-8-19-11-16(15)21-18/h4-8,10-12H,1,9H2,2-3H3,(H,20,21). The predicted octanol–water partition coefficient (Wildman–Crippen LogP) is 3.98. The summed E-state index contributed by atoms with van der Waals surface area (Å²) in [6.07, 6.45) is 5.29. The Balaban J connectivity index is 2.03. The van der Waals surface area contributed by atoms with Gasteiger partial charge in [-0.1, -0.05) is 12.7 Å². The maximum atomic E-state index is 5.79. The quantitative estimate of drug-likeness (QED) is 0.700. The van der Waals surface area contributed by atoms with E-state index in [1.165, 1.54) is 0 Å². The van der Waals surface area contributed by atoms with Gasteiger partial charge >= 0.3 is 0 Å². The van der Waals surface area contributed by atoms with Crippen molar-refractivity contribution in [3.05, 3.63) is 49.3 Å². The Labute approximate surface area is 135 Å². The highest BCUT2D eigenvalue weighted by Gasteiger charge is 2.13. The van der Waals surface area contributed by atoms with Crippen molar-refractivity contribution >= 4 is 11.0 Å². The number of hydrogen-bond donors (Lipinski definition) is 1. The zero-order valence-electron chi connectivity index (χ0n) is 13.2. The molecule has 1 N–H and O–H groups in total. The number of pyridine rings is 1. The van der Waals surface area contributed by atoms with E-state index in [0.29, 0.717) is 12.4 Å². The first-order valence-electron chi connectivity index (χ1n) is 7.52. The Morgan fingerprint density at radius 3 is 2.91 bits per heavy atom. The van der Waals surface area contributed by atoms with Crippen LogP contribution in [0.4, 0.5) is 0 Å². The molecule has 1 aromatic carbocycles. The molecule has 0 aliphatic rings. The Morgan fingerprint density at radius 1 is 1.30 bits per heavy atom. The molecule has 0 aliphatic heterocycles. The van der Waals surface area contributed by atoms with Gasteiger partial charge in [0.15, 0.2) is 0 Å². The Bertz CT molecular complexity index is 791. The van der Waals surface area contributed by atoms with Crippen LogP contribution in [-0.2, 0) is 0 Å². The van der Waals surface area contributed by atoms with Crippen LogP contribution in [0.25, 0.3) is 22.4 Å². The summed E-state index contributed by atoms with van der Waals surface area (Å²) >= 11 is 0. The molecule has 0 saturated carbocycles. The number of benzene rings is 1. The van der Waals surface area contributed by atoms with Crippen molar-refractivity contribution in [2.45, 2.75) is 20.0 Å². The average Bonchev–Trinajstić information content (AvgIpc) is 2.96. The zero-order chi connectivity index (χ0) is 16.2. The monoisotopic (exact) mass is 309 g/mol. The summed E-state index contributed by atoms with van der Waals surface area (Å²) in [5.41, 5.74) is 2.63. The number of aromatic amines is 1. The fourth-order valence-electron chi connectivity index (χ4n) is 2.30. The van der Waals surface area contributed by atoms with Crippen molar-refractivity contribution in [2.24, 2.45) is 0 Å². The smallest absolute Gasteiger partial charge is 0.142 e. The molecule has 0 amide bonds. The van der Waals surface area contributed by atoms with Gasteiger partial charge in [0, 0.05) is 12.3 Å². The van der Waals surface area contributed by atoms with Crippen LogP contribution < -0.4 is 9.47 Å². The second-order valence-corrected chi connectivity index (χ2v) is 5.40. The van der Waals surface area contributed by atoms with E-state index < -0.39 is 0 Å². The molecule has 0 unspecified atom stereocenters. The number of aromatic nitrogens is 3. The summed E-state index contributed by atoms with van der Waals surface area (Å²) in [7, 11) is 0. The third-order valence-corrected chi connectivity index (χ3v) is 3.22. The van der Waals surface area contributed by atoms with Crippen LogP contribution >= 0.6 is 0 Å². The number of ether oxygens (including phenoxy) is 2. The van der Waals surface area contributed by atoms with Crippen molar-refractivity contribution in [1.29, 1.82) is 0 Å². The lowest BCUT2D eigenvalue weighted by Crippen LogP contribution is -2.06. The third kappa shape index (κ3) is 3.34. The van der Waals surface area contributed by atoms with Crippen LogP contribution in [0.3, 0.4) is 0 Å². The SMILES string of the molecule is C=CCOc1cc(OC(C)C)ccc1-c1nc2ccncc2[nH]1. The van der Waals surface area contributed by atoms with E-state index in [0.717, 1.165) is 28.2 Å². The molecule has 0 spiro atoms. The van der Waals surface area contributed by atoms with Crippen LogP contribution in [-0.4, -0.2) is 27.7 Å². The van der Waals surface area contributed by atoms with Gasteiger partial charge in [0.1, 0.15) is 23.9 Å². The highest BCUT2D eigenvalue weighted by atomic mass is 16.5. The summed E-state index contributed by atoms with van der Waals surface area (Å²) in [5.74, 6) is 2.21. The molecule has 118 valence electrons. The number of nitrogens with zero attached hydrogens (tertiary/aromatic N) is 2. The first kappa shape index (κ1) is 15.1. The van der Waals surface area contributed by atoms with Gasteiger partial charge in [-0.25, -0.2) is 4.98 Å². The molecule has 2 aromatic heterocycles. The zero-order valence-corrected chi connectivity index (χ0v) is 13.2. The number of nitrogens with one attached hydrogen (secondary N) is 1. The van der Waals surface area contributed by atoms with Gasteiger partial charge < -0.3 is 14.5 Å². The minimum absolute atomic E-state index is 0.102. The minimum atomic E-state index is 0.102. The van der Waals surface area contributed by atoms with E-state index in [9.17, 15) is 0 Å². The topological polar surface area (TPSA) is 60.0 Å². The summed E-state index contributed by atoms with van der Waals surface area (Å²) in [4.78, 5) is 12.0. The molecule has 2 heterocycles. The van der Waals surface area contributed by atoms with Crippen LogP contribution in [0.15, 0.2) is 49.3 Å². The van der Waals surface area contributed by atoms with Crippen molar-refractivity contribution in [1.82, 2.24) is 15.0 Å². The maximum absolute atomic E-state index is 5.79. The summed E-state index contributed by atoms with van der Waals surface area (Å²) < 4.78 is 11.5. The predicted molar refractivity (Wildman–Crippen MR) is 90.8 cm³/mol. The number of hydrogen-bond acceptors (Lipinski definition) is 4. The lowest BCUT2D eigenvalue weighted by Gasteiger charge is -2.13. The van der Waals surface area contributed by atoms with Gasteiger partial charge in [-0.05, 0) is 32.0 Å². The van der Waals surface area contributed by atoms with Crippen LogP contribution in [0.1, 0.15) is 13.8 Å². The molecule has 0 bridgehead atoms. The largest absolute Gasteiger partial charge is 0.491 e. The maximum Gasteiger partial charge on any atom is 0.142 e. The second-order valence-electron chi connectivity index (χ2n) is 5.40. The fourth-order valence-corrected chi connectivity index (χ4v) is 2.30. The number of rotatable bonds is 6. The molecule has 3 aromatic rings. The normalized spacial score (nSPS) is 10.9. The average molecular weight is 309 g/mol. The summed E-state index contributed by atoms with van der Waals surface area (Å²) in [6, 6.07) is 7.61. The van der Waals surface area contributed by atoms with Crippen LogP contribution in [0.5, 0.6) is 11.5 Å². The molecule has 0 fully saturated rings. The minimum Gasteiger partial charge on any atom is -0.491 e. The van der Waals surface area contributed by atoms with E-state index >= 15 is 0 Å². The van der Waals surface area contributed by atoms with Gasteiger partial charge in [-0.2, -0.15) is 0 Å². The van der Waals surface area contributed by atoms with Gasteiger partial charge in [-0.3, -0.25) is 4.98 Å². The Hall–Kier alpha value is -2.82. The fraction of sp³-hybridized carbons (Fsp3) is 0.222. The lowest BCUT2D eigenvalue weighted by atomic mass is 10.2. The Morgan fingerprint density at radius 2 is 2.17 bits per heavy atom. The lowest BCUT2D eigenvalue weighted by molar-refractivity contribution is 0.241. The molecule has 0 atom stereocenters. The molecular formula is C18H19N3O2. The van der Waals surface area contributed by atoms with Crippen molar-refractivity contribution in [3.8, 4) is 22.9 Å². The van der Waals surface area contributed by atoms with Crippen molar-refractivity contribution < 1.29 is 9.47 Å². The van der Waals surface area contributed by atoms with Crippen LogP contribution in [0.2, 0.25) is 0 Å². The molecular weight excluding hydrogens is 290 g/mol. The van der Waals surface area contributed by atoms with Gasteiger partial charge in [0.05, 0.1) is 28.9 Å². The molecule has 3 rings (SSSR count). The van der Waals surface area contributed by atoms with Gasteiger partial charge in [-0.15, -0.1) is 0 Å². The van der Waals surface area contributed by atoms with Crippen molar-refractivity contribution in [2.75, 3.05) is 6.61 Å². The van der Waals surface area contributed by atoms with Crippen molar-refractivity contribution in [3.63, 3.8) is 0 Å². The molecule has 23 heavy (non-hydrogen) atoms. The van der Waals surface area contributed by atoms with Crippen LogP contribution in [0, 0.1) is 0 Å². The second kappa shape index (κ2) is 6.52.